The molecule has 0 fully saturated rings. The molecule has 12 nitrogen and oxygen atoms in total. The Kier molecular flexibility index (Phi) is 26.6. The Morgan fingerprint density at radius 3 is 0.593 bits per heavy atom. The number of hydrogen-bond donors (Lipinski definition) is 6. The zero-order valence-electron chi connectivity index (χ0n) is 25.6. The van der Waals surface area contributed by atoms with Crippen LogP contribution in [0.15, 0.2) is 12.2 Å². The second-order valence-electron chi connectivity index (χ2n) is 8.29. The minimum absolute atomic E-state index is 0. The van der Waals surface area contributed by atoms with Crippen LogP contribution in [0.3, 0.4) is 0 Å². The van der Waals surface area contributed by atoms with Crippen molar-refractivity contribution in [3.05, 3.63) is 12.2 Å². The van der Waals surface area contributed by atoms with Crippen LogP contribution in [-0.4, -0.2) is 103 Å². The number of halogens is 21. The SMILES string of the molecule is CC=CC.O=P(O)(O)OCC(F)(F)C(F)(F)C(F)(F)F.O=P(O)(O)OCC(F)(F)C(F)(F)C(F)(F)F.O=P(O)(O)OCC(F)(F)C(F)(F)C(F)(F)F.P.P. The van der Waals surface area contributed by atoms with Crippen molar-refractivity contribution in [2.75, 3.05) is 19.8 Å². The molecule has 0 aromatic rings. The van der Waals surface area contributed by atoms with E-state index < -0.39 is 97.4 Å². The van der Waals surface area contributed by atoms with Gasteiger partial charge in [-0.1, -0.05) is 12.2 Å². The molecule has 0 aliphatic carbocycles. The summed E-state index contributed by atoms with van der Waals surface area (Å²) >= 11 is 0. The summed E-state index contributed by atoms with van der Waals surface area (Å²) in [5.41, 5.74) is 0. The molecule has 0 aliphatic heterocycles. The van der Waals surface area contributed by atoms with Gasteiger partial charge in [-0.3, -0.25) is 13.6 Å². The lowest BCUT2D eigenvalue weighted by molar-refractivity contribution is -0.358. The van der Waals surface area contributed by atoms with Crippen LogP contribution in [0.1, 0.15) is 13.8 Å². The molecule has 0 amide bonds. The third kappa shape index (κ3) is 23.0. The van der Waals surface area contributed by atoms with Crippen LogP contribution in [0.5, 0.6) is 0 Å². The molecule has 0 aliphatic rings. The van der Waals surface area contributed by atoms with Crippen molar-refractivity contribution in [3.63, 3.8) is 0 Å². The largest absolute Gasteiger partial charge is 0.469 e. The van der Waals surface area contributed by atoms with Gasteiger partial charge in [0.2, 0.25) is 0 Å². The predicted octanol–water partition coefficient (Wildman–Crippen LogP) is 7.48. The van der Waals surface area contributed by atoms with Crippen molar-refractivity contribution in [3.8, 4) is 0 Å². The average Bonchev–Trinajstić information content (AvgIpc) is 2.87. The molecule has 334 valence electrons. The fourth-order valence-electron chi connectivity index (χ4n) is 1.39. The summed E-state index contributed by atoms with van der Waals surface area (Å²) < 4.78 is 288. The van der Waals surface area contributed by atoms with Crippen LogP contribution < -0.4 is 0 Å². The molecular weight excluding hydrogens is 938 g/mol. The maximum atomic E-state index is 12.3. The molecule has 0 rings (SSSR count). The van der Waals surface area contributed by atoms with Gasteiger partial charge in [-0.15, -0.1) is 0 Å². The van der Waals surface area contributed by atoms with Crippen LogP contribution >= 0.6 is 43.3 Å². The monoisotopic (exact) mass is 964 g/mol. The molecule has 2 unspecified atom stereocenters. The van der Waals surface area contributed by atoms with Gasteiger partial charge in [0.1, 0.15) is 19.8 Å². The fraction of sp³-hybridized carbons (Fsp3) is 0.875. The van der Waals surface area contributed by atoms with Crippen LogP contribution in [-0.2, 0) is 27.3 Å². The van der Waals surface area contributed by atoms with E-state index in [-0.39, 0.29) is 19.8 Å². The van der Waals surface area contributed by atoms with Crippen molar-refractivity contribution in [1.82, 2.24) is 0 Å². The van der Waals surface area contributed by atoms with Crippen molar-refractivity contribution < 1.29 is 149 Å². The van der Waals surface area contributed by atoms with Crippen LogP contribution in [0.25, 0.3) is 0 Å². The molecule has 54 heavy (non-hydrogen) atoms. The van der Waals surface area contributed by atoms with Gasteiger partial charge in [0.15, 0.2) is 0 Å². The first-order valence-electron chi connectivity index (χ1n) is 11.2. The Labute approximate surface area is 292 Å². The highest BCUT2D eigenvalue weighted by molar-refractivity contribution is 7.46. The Hall–Kier alpha value is -0.540. The Balaban J connectivity index is -0.000000149. The number of phosphoric acid groups is 3. The van der Waals surface area contributed by atoms with Crippen LogP contribution in [0, 0.1) is 0 Å². The fourth-order valence-corrected chi connectivity index (χ4v) is 2.38. The van der Waals surface area contributed by atoms with Gasteiger partial charge >= 0.3 is 77.5 Å². The maximum absolute atomic E-state index is 12.3. The van der Waals surface area contributed by atoms with E-state index in [0.29, 0.717) is 0 Å². The molecule has 0 bridgehead atoms. The number of alkyl halides is 21. The van der Waals surface area contributed by atoms with Crippen molar-refractivity contribution >= 4 is 43.3 Å². The predicted molar refractivity (Wildman–Crippen MR) is 145 cm³/mol. The van der Waals surface area contributed by atoms with Gasteiger partial charge in [-0.2, -0.15) is 112 Å². The second kappa shape index (κ2) is 22.0. The summed E-state index contributed by atoms with van der Waals surface area (Å²) in [6, 6.07) is 0. The molecule has 0 radical (unpaired) electrons. The summed E-state index contributed by atoms with van der Waals surface area (Å²) in [6.45, 7) is -4.28. The first-order chi connectivity index (χ1) is 22.0. The lowest BCUT2D eigenvalue weighted by Crippen LogP contribution is -2.54. The number of allylic oxidation sites excluding steroid dienone is 2. The van der Waals surface area contributed by atoms with Gasteiger partial charge in [-0.25, -0.2) is 13.7 Å². The maximum Gasteiger partial charge on any atom is 0.469 e. The van der Waals surface area contributed by atoms with E-state index in [2.05, 4.69) is 13.6 Å². The van der Waals surface area contributed by atoms with E-state index in [1.165, 1.54) is 0 Å². The molecule has 38 heteroatoms. The van der Waals surface area contributed by atoms with Crippen molar-refractivity contribution in [1.29, 1.82) is 0 Å². The van der Waals surface area contributed by atoms with Crippen LogP contribution in [0.2, 0.25) is 0 Å². The quantitative estimate of drug-likeness (QED) is 0.0641. The third-order valence-corrected chi connectivity index (χ3v) is 5.42. The lowest BCUT2D eigenvalue weighted by Gasteiger charge is -2.27. The molecule has 0 saturated carbocycles. The van der Waals surface area contributed by atoms with Gasteiger partial charge in [-0.05, 0) is 13.8 Å². The van der Waals surface area contributed by atoms with E-state index >= 15 is 0 Å². The van der Waals surface area contributed by atoms with E-state index in [9.17, 15) is 106 Å². The van der Waals surface area contributed by atoms with E-state index in [4.69, 9.17) is 29.4 Å². The Bertz CT molecular complexity index is 1110. The van der Waals surface area contributed by atoms with Crippen LogP contribution in [0.4, 0.5) is 92.2 Å². The minimum Gasteiger partial charge on any atom is -0.303 e. The zero-order chi connectivity index (χ0) is 43.7. The molecule has 2 atom stereocenters. The molecule has 0 heterocycles. The van der Waals surface area contributed by atoms with Crippen molar-refractivity contribution in [2.24, 2.45) is 0 Å². The van der Waals surface area contributed by atoms with Gasteiger partial charge < -0.3 is 29.4 Å². The third-order valence-electron chi connectivity index (χ3n) is 4.02. The smallest absolute Gasteiger partial charge is 0.303 e. The molecule has 0 spiro atoms. The van der Waals surface area contributed by atoms with Crippen molar-refractivity contribution in [2.45, 2.75) is 67.9 Å². The second-order valence-corrected chi connectivity index (χ2v) is 12.0. The Morgan fingerprint density at radius 2 is 0.519 bits per heavy atom. The summed E-state index contributed by atoms with van der Waals surface area (Å²) in [6.07, 6.45) is -15.7. The zero-order valence-corrected chi connectivity index (χ0v) is 31.1. The molecule has 0 aromatic heterocycles. The molecule has 6 N–H and O–H groups in total. The highest BCUT2D eigenvalue weighted by Crippen LogP contribution is 2.51. The van der Waals surface area contributed by atoms with E-state index in [1.54, 1.807) is 0 Å². The standard InChI is InChI=1S/3C4H4F7O4P.C4H8.2H3P/c3*5-2(6,1-15-16(12,13)14)3(7,8)4(9,10)11;1-3-4-2;;/h3*1H2,(H2,12,13,14);3-4H,1-2H3;2*1H3. The van der Waals surface area contributed by atoms with Gasteiger partial charge in [0.25, 0.3) is 0 Å². The summed E-state index contributed by atoms with van der Waals surface area (Å²) in [5, 5.41) is 0. The number of hydrogen-bond acceptors (Lipinski definition) is 6. The summed E-state index contributed by atoms with van der Waals surface area (Å²) in [7, 11) is -16.7. The first-order valence-corrected chi connectivity index (χ1v) is 15.8. The van der Waals surface area contributed by atoms with E-state index in [0.717, 1.165) is 0 Å². The lowest BCUT2D eigenvalue weighted by atomic mass is 10.2. The highest BCUT2D eigenvalue weighted by atomic mass is 31.2. The topological polar surface area (TPSA) is 200 Å². The molecule has 0 aromatic carbocycles. The minimum atomic E-state index is -6.56. The van der Waals surface area contributed by atoms with Gasteiger partial charge in [0, 0.05) is 0 Å². The normalized spacial score (nSPS) is 14.3. The first kappa shape index (κ1) is 65.3. The number of phosphoric ester groups is 3. The highest BCUT2D eigenvalue weighted by Gasteiger charge is 2.75. The summed E-state index contributed by atoms with van der Waals surface area (Å²) in [5.74, 6) is -36.7. The average molecular weight is 964 g/mol. The molecule has 0 saturated heterocycles. The van der Waals surface area contributed by atoms with E-state index in [1.807, 2.05) is 26.0 Å². The molecular formula is C16H26F21O12P5. The number of rotatable bonds is 12. The Morgan fingerprint density at radius 1 is 0.389 bits per heavy atom. The van der Waals surface area contributed by atoms with Gasteiger partial charge in [0.05, 0.1) is 0 Å². The summed E-state index contributed by atoms with van der Waals surface area (Å²) in [4.78, 5) is 47.3.